The third-order valence-corrected chi connectivity index (χ3v) is 3.14. The molecule has 3 heterocycles. The number of pyridine rings is 2. The van der Waals surface area contributed by atoms with Crippen LogP contribution in [-0.2, 0) is 7.05 Å². The van der Waals surface area contributed by atoms with E-state index in [2.05, 4.69) is 20.4 Å². The van der Waals surface area contributed by atoms with E-state index in [9.17, 15) is 9.18 Å². The van der Waals surface area contributed by atoms with Gasteiger partial charge in [-0.1, -0.05) is 0 Å². The molecule has 0 aliphatic rings. The second-order valence-electron chi connectivity index (χ2n) is 4.61. The van der Waals surface area contributed by atoms with Crippen LogP contribution in [0.3, 0.4) is 0 Å². The van der Waals surface area contributed by atoms with Gasteiger partial charge in [-0.3, -0.25) is 14.5 Å². The maximum absolute atomic E-state index is 13.5. The maximum Gasteiger partial charge on any atom is 0.258 e. The number of carbonyl (C=O) groups excluding carboxylic acids is 1. The van der Waals surface area contributed by atoms with E-state index in [4.69, 9.17) is 0 Å². The van der Waals surface area contributed by atoms with Gasteiger partial charge in [0.1, 0.15) is 0 Å². The highest BCUT2D eigenvalue weighted by Gasteiger charge is 2.13. The number of aromatic nitrogens is 4. The van der Waals surface area contributed by atoms with Crippen LogP contribution in [0.25, 0.3) is 11.0 Å². The molecular formula is C14H12FN5O. The largest absolute Gasteiger partial charge is 0.320 e. The number of nitrogens with zero attached hydrogens (tertiary/aromatic N) is 4. The smallest absolute Gasteiger partial charge is 0.258 e. The Morgan fingerprint density at radius 2 is 2.19 bits per heavy atom. The molecule has 0 radical (unpaired) electrons. The molecule has 0 bridgehead atoms. The minimum Gasteiger partial charge on any atom is -0.320 e. The van der Waals surface area contributed by atoms with Crippen molar-refractivity contribution < 1.29 is 9.18 Å². The van der Waals surface area contributed by atoms with Crippen LogP contribution in [0, 0.1) is 12.7 Å². The van der Waals surface area contributed by atoms with Gasteiger partial charge in [0.15, 0.2) is 11.5 Å². The van der Waals surface area contributed by atoms with Gasteiger partial charge in [0.05, 0.1) is 29.3 Å². The monoisotopic (exact) mass is 285 g/mol. The fourth-order valence-electron chi connectivity index (χ4n) is 2.13. The topological polar surface area (TPSA) is 72.7 Å². The molecule has 0 aliphatic heterocycles. The minimum absolute atomic E-state index is 0.0620. The lowest BCUT2D eigenvalue weighted by atomic mass is 10.2. The van der Waals surface area contributed by atoms with Crippen LogP contribution in [-0.4, -0.2) is 25.7 Å². The second-order valence-corrected chi connectivity index (χ2v) is 4.61. The fourth-order valence-corrected chi connectivity index (χ4v) is 2.13. The van der Waals surface area contributed by atoms with E-state index >= 15 is 0 Å². The second kappa shape index (κ2) is 4.93. The quantitative estimate of drug-likeness (QED) is 0.782. The van der Waals surface area contributed by atoms with E-state index in [-0.39, 0.29) is 5.56 Å². The molecule has 7 heteroatoms. The lowest BCUT2D eigenvalue weighted by Crippen LogP contribution is -2.14. The Morgan fingerprint density at radius 1 is 1.38 bits per heavy atom. The van der Waals surface area contributed by atoms with Crippen LogP contribution < -0.4 is 5.32 Å². The Bertz CT molecular complexity index is 842. The summed E-state index contributed by atoms with van der Waals surface area (Å²) in [7, 11) is 1.80. The van der Waals surface area contributed by atoms with Gasteiger partial charge >= 0.3 is 0 Å². The van der Waals surface area contributed by atoms with Crippen molar-refractivity contribution in [3.8, 4) is 0 Å². The summed E-state index contributed by atoms with van der Waals surface area (Å²) in [5, 5.41) is 7.72. The van der Waals surface area contributed by atoms with E-state index in [1.807, 2.05) is 6.92 Å². The van der Waals surface area contributed by atoms with Crippen molar-refractivity contribution in [3.63, 3.8) is 0 Å². The Labute approximate surface area is 119 Å². The molecule has 0 saturated heterocycles. The summed E-state index contributed by atoms with van der Waals surface area (Å²) >= 11 is 0. The van der Waals surface area contributed by atoms with E-state index in [0.29, 0.717) is 5.69 Å². The summed E-state index contributed by atoms with van der Waals surface area (Å²) < 4.78 is 15.2. The highest BCUT2D eigenvalue weighted by molar-refractivity contribution is 6.05. The average molecular weight is 285 g/mol. The predicted molar refractivity (Wildman–Crippen MR) is 75.4 cm³/mol. The van der Waals surface area contributed by atoms with Crippen molar-refractivity contribution in [2.75, 3.05) is 5.32 Å². The van der Waals surface area contributed by atoms with Gasteiger partial charge in [0.2, 0.25) is 0 Å². The number of anilines is 1. The number of rotatable bonds is 2. The third kappa shape index (κ3) is 2.33. The van der Waals surface area contributed by atoms with Crippen LogP contribution >= 0.6 is 0 Å². The third-order valence-electron chi connectivity index (χ3n) is 3.14. The molecule has 0 aromatic carbocycles. The number of nitrogens with one attached hydrogen (secondary N) is 1. The summed E-state index contributed by atoms with van der Waals surface area (Å²) in [5.74, 6) is -1.21. The first kappa shape index (κ1) is 13.2. The van der Waals surface area contributed by atoms with Crippen LogP contribution in [0.5, 0.6) is 0 Å². The molecule has 0 aliphatic carbocycles. The van der Waals surface area contributed by atoms with E-state index in [0.717, 1.165) is 22.9 Å². The van der Waals surface area contributed by atoms with E-state index in [1.165, 1.54) is 18.5 Å². The van der Waals surface area contributed by atoms with Gasteiger partial charge in [-0.05, 0) is 19.1 Å². The Kier molecular flexibility index (Phi) is 3.09. The number of carbonyl (C=O) groups is 1. The lowest BCUT2D eigenvalue weighted by Gasteiger charge is -2.05. The zero-order valence-electron chi connectivity index (χ0n) is 11.5. The van der Waals surface area contributed by atoms with Crippen molar-refractivity contribution in [2.45, 2.75) is 6.92 Å². The van der Waals surface area contributed by atoms with E-state index < -0.39 is 11.7 Å². The molecule has 0 saturated carbocycles. The highest BCUT2D eigenvalue weighted by atomic mass is 19.1. The Morgan fingerprint density at radius 3 is 2.95 bits per heavy atom. The molecule has 3 rings (SSSR count). The molecule has 3 aromatic heterocycles. The standard InChI is InChI=1S/C14H12FN5O/c1-8-11-5-9(6-17-13(11)20(2)19-8)18-14(21)10-3-4-16-7-12(10)15/h3-7H,1-2H3,(H,18,21). The van der Waals surface area contributed by atoms with Gasteiger partial charge in [-0.25, -0.2) is 9.37 Å². The van der Waals surface area contributed by atoms with Crippen molar-refractivity contribution in [1.29, 1.82) is 0 Å². The van der Waals surface area contributed by atoms with Crippen LogP contribution in [0.1, 0.15) is 16.1 Å². The summed E-state index contributed by atoms with van der Waals surface area (Å²) in [4.78, 5) is 19.9. The van der Waals surface area contributed by atoms with Gasteiger partial charge in [-0.2, -0.15) is 5.10 Å². The fraction of sp³-hybridized carbons (Fsp3) is 0.143. The van der Waals surface area contributed by atoms with Gasteiger partial charge < -0.3 is 5.32 Å². The normalized spacial score (nSPS) is 10.8. The van der Waals surface area contributed by atoms with Crippen molar-refractivity contribution >= 4 is 22.6 Å². The summed E-state index contributed by atoms with van der Waals surface area (Å²) in [6, 6.07) is 3.09. The maximum atomic E-state index is 13.5. The molecule has 1 amide bonds. The Hall–Kier alpha value is -2.83. The SMILES string of the molecule is Cc1nn(C)c2ncc(NC(=O)c3ccncc3F)cc12. The van der Waals surface area contributed by atoms with Crippen molar-refractivity contribution in [2.24, 2.45) is 7.05 Å². The molecule has 0 atom stereocenters. The predicted octanol–water partition coefficient (Wildman–Crippen LogP) is 2.06. The van der Waals surface area contributed by atoms with Crippen LogP contribution in [0.15, 0.2) is 30.7 Å². The molecule has 106 valence electrons. The zero-order valence-corrected chi connectivity index (χ0v) is 11.5. The lowest BCUT2D eigenvalue weighted by molar-refractivity contribution is 0.102. The zero-order chi connectivity index (χ0) is 15.0. The summed E-state index contributed by atoms with van der Waals surface area (Å²) in [5.41, 5.74) is 1.96. The first-order valence-electron chi connectivity index (χ1n) is 6.26. The van der Waals surface area contributed by atoms with Crippen LogP contribution in [0.4, 0.5) is 10.1 Å². The molecular weight excluding hydrogens is 273 g/mol. The van der Waals surface area contributed by atoms with Crippen LogP contribution in [0.2, 0.25) is 0 Å². The first-order chi connectivity index (χ1) is 10.1. The van der Waals surface area contributed by atoms with Gasteiger partial charge in [0.25, 0.3) is 5.91 Å². The minimum atomic E-state index is -0.665. The summed E-state index contributed by atoms with van der Waals surface area (Å²) in [6.07, 6.45) is 3.88. The number of amides is 1. The average Bonchev–Trinajstić information content (AvgIpc) is 2.74. The highest BCUT2D eigenvalue weighted by Crippen LogP contribution is 2.20. The molecule has 1 N–H and O–H groups in total. The Balaban J connectivity index is 1.93. The number of hydrogen-bond donors (Lipinski definition) is 1. The van der Waals surface area contributed by atoms with Gasteiger partial charge in [0, 0.05) is 18.6 Å². The number of aryl methyl sites for hydroxylation is 2. The van der Waals surface area contributed by atoms with Crippen molar-refractivity contribution in [1.82, 2.24) is 19.7 Å². The molecule has 0 spiro atoms. The van der Waals surface area contributed by atoms with Crippen molar-refractivity contribution in [3.05, 3.63) is 47.8 Å². The van der Waals surface area contributed by atoms with E-state index in [1.54, 1.807) is 17.8 Å². The molecule has 6 nitrogen and oxygen atoms in total. The van der Waals surface area contributed by atoms with Gasteiger partial charge in [-0.15, -0.1) is 0 Å². The molecule has 21 heavy (non-hydrogen) atoms. The molecule has 0 fully saturated rings. The summed E-state index contributed by atoms with van der Waals surface area (Å²) in [6.45, 7) is 1.86. The molecule has 0 unspecified atom stereocenters. The number of fused-ring (bicyclic) bond motifs is 1. The number of hydrogen-bond acceptors (Lipinski definition) is 4. The first-order valence-corrected chi connectivity index (χ1v) is 6.26. The number of halogens is 1. The molecule has 3 aromatic rings.